The van der Waals surface area contributed by atoms with Gasteiger partial charge in [-0.05, 0) is 7.05 Å². The van der Waals surface area contributed by atoms with Gasteiger partial charge in [-0.2, -0.15) is 0 Å². The lowest BCUT2D eigenvalue weighted by Gasteiger charge is -2.13. The number of likely N-dealkylation sites (N-methyl/N-ethyl adjacent to an activating group) is 1. The first kappa shape index (κ1) is 9.48. The van der Waals surface area contributed by atoms with E-state index in [1.165, 1.54) is 5.71 Å². The van der Waals surface area contributed by atoms with Crippen molar-refractivity contribution in [3.05, 3.63) is 0 Å². The highest BCUT2D eigenvalue weighted by molar-refractivity contribution is 5.84. The summed E-state index contributed by atoms with van der Waals surface area (Å²) in [6.07, 6.45) is 2.05. The molecule has 1 saturated heterocycles. The molecule has 0 bridgehead atoms. The van der Waals surface area contributed by atoms with Gasteiger partial charge in [-0.1, -0.05) is 5.16 Å². The predicted octanol–water partition coefficient (Wildman–Crippen LogP) is -0.0382. The predicted molar refractivity (Wildman–Crippen MR) is 49.4 cm³/mol. The van der Waals surface area contributed by atoms with Gasteiger partial charge in [0.1, 0.15) is 6.61 Å². The minimum atomic E-state index is 0.660. The van der Waals surface area contributed by atoms with Gasteiger partial charge >= 0.3 is 0 Å². The number of piperidine rings is 1. The lowest BCUT2D eigenvalue weighted by Crippen LogP contribution is -2.28. The van der Waals surface area contributed by atoms with Gasteiger partial charge < -0.3 is 15.5 Å². The summed E-state index contributed by atoms with van der Waals surface area (Å²) < 4.78 is 0. The summed E-state index contributed by atoms with van der Waals surface area (Å²) in [7, 11) is 1.90. The van der Waals surface area contributed by atoms with E-state index in [-0.39, 0.29) is 0 Å². The first-order chi connectivity index (χ1) is 5.93. The molecule has 0 aromatic rings. The average molecular weight is 171 g/mol. The van der Waals surface area contributed by atoms with Crippen molar-refractivity contribution in [3.8, 4) is 0 Å². The van der Waals surface area contributed by atoms with Crippen LogP contribution in [0.25, 0.3) is 0 Å². The second-order valence-corrected chi connectivity index (χ2v) is 2.84. The van der Waals surface area contributed by atoms with Gasteiger partial charge in [-0.15, -0.1) is 0 Å². The Bertz CT molecular complexity index is 139. The van der Waals surface area contributed by atoms with Crippen molar-refractivity contribution in [2.75, 3.05) is 33.3 Å². The standard InChI is InChI=1S/C8H17N3O/c1-9-6-7-12-11-8-2-4-10-5-3-8/h9-10H,2-7H2,1H3. The molecule has 0 amide bonds. The minimum absolute atomic E-state index is 0.660. The van der Waals surface area contributed by atoms with Crippen molar-refractivity contribution in [2.45, 2.75) is 12.8 Å². The first-order valence-corrected chi connectivity index (χ1v) is 4.46. The van der Waals surface area contributed by atoms with Crippen molar-refractivity contribution in [2.24, 2.45) is 5.16 Å². The second-order valence-electron chi connectivity index (χ2n) is 2.84. The zero-order valence-corrected chi connectivity index (χ0v) is 7.60. The maximum absolute atomic E-state index is 5.11. The fourth-order valence-electron chi connectivity index (χ4n) is 1.09. The average Bonchev–Trinajstić information content (AvgIpc) is 2.14. The molecule has 0 atom stereocenters. The fourth-order valence-corrected chi connectivity index (χ4v) is 1.09. The molecule has 4 nitrogen and oxygen atoms in total. The molecule has 0 unspecified atom stereocenters. The Labute approximate surface area is 73.4 Å². The smallest absolute Gasteiger partial charge is 0.129 e. The summed E-state index contributed by atoms with van der Waals surface area (Å²) in [5.74, 6) is 0. The van der Waals surface area contributed by atoms with Crippen LogP contribution in [0.2, 0.25) is 0 Å². The normalized spacial score (nSPS) is 17.6. The van der Waals surface area contributed by atoms with Crippen LogP contribution >= 0.6 is 0 Å². The highest BCUT2D eigenvalue weighted by atomic mass is 16.6. The highest BCUT2D eigenvalue weighted by Gasteiger charge is 2.05. The van der Waals surface area contributed by atoms with E-state index >= 15 is 0 Å². The van der Waals surface area contributed by atoms with Gasteiger partial charge in [0.2, 0.25) is 0 Å². The molecular formula is C8H17N3O. The van der Waals surface area contributed by atoms with Crippen LogP contribution in [0, 0.1) is 0 Å². The summed E-state index contributed by atoms with van der Waals surface area (Å²) in [5.41, 5.74) is 1.19. The minimum Gasteiger partial charge on any atom is -0.394 e. The number of hydrogen-bond donors (Lipinski definition) is 2. The topological polar surface area (TPSA) is 45.6 Å². The molecule has 4 heteroatoms. The molecule has 1 rings (SSSR count). The Kier molecular flexibility index (Phi) is 4.71. The van der Waals surface area contributed by atoms with Crippen LogP contribution in [0.4, 0.5) is 0 Å². The molecule has 70 valence electrons. The molecule has 0 aromatic carbocycles. The highest BCUT2D eigenvalue weighted by Crippen LogP contribution is 1.97. The molecule has 0 spiro atoms. The largest absolute Gasteiger partial charge is 0.394 e. The van der Waals surface area contributed by atoms with E-state index in [1.54, 1.807) is 0 Å². The van der Waals surface area contributed by atoms with E-state index in [1.807, 2.05) is 7.05 Å². The van der Waals surface area contributed by atoms with Crippen LogP contribution in [0.3, 0.4) is 0 Å². The van der Waals surface area contributed by atoms with Crippen LogP contribution in [0.1, 0.15) is 12.8 Å². The van der Waals surface area contributed by atoms with Crippen LogP contribution < -0.4 is 10.6 Å². The molecule has 0 radical (unpaired) electrons. The van der Waals surface area contributed by atoms with E-state index < -0.39 is 0 Å². The molecular weight excluding hydrogens is 154 g/mol. The van der Waals surface area contributed by atoms with Crippen LogP contribution in [-0.4, -0.2) is 39.0 Å². The zero-order chi connectivity index (χ0) is 8.65. The fraction of sp³-hybridized carbons (Fsp3) is 0.875. The Morgan fingerprint density at radius 3 is 2.92 bits per heavy atom. The SMILES string of the molecule is CNCCON=C1CCNCC1. The van der Waals surface area contributed by atoms with Gasteiger partial charge in [-0.3, -0.25) is 0 Å². The Balaban J connectivity index is 2.08. The monoisotopic (exact) mass is 171 g/mol. The van der Waals surface area contributed by atoms with Gasteiger partial charge in [0.25, 0.3) is 0 Å². The molecule has 1 heterocycles. The van der Waals surface area contributed by atoms with Crippen LogP contribution in [0.15, 0.2) is 5.16 Å². The third-order valence-electron chi connectivity index (χ3n) is 1.82. The second kappa shape index (κ2) is 5.97. The maximum atomic E-state index is 5.11. The summed E-state index contributed by atoms with van der Waals surface area (Å²) in [5, 5.41) is 10.3. The van der Waals surface area contributed by atoms with Crippen molar-refractivity contribution in [3.63, 3.8) is 0 Å². The van der Waals surface area contributed by atoms with Crippen LogP contribution in [-0.2, 0) is 4.84 Å². The Morgan fingerprint density at radius 2 is 2.25 bits per heavy atom. The number of nitrogens with zero attached hydrogens (tertiary/aromatic N) is 1. The molecule has 0 aromatic heterocycles. The van der Waals surface area contributed by atoms with Crippen molar-refractivity contribution < 1.29 is 4.84 Å². The van der Waals surface area contributed by atoms with E-state index in [0.717, 1.165) is 32.5 Å². The summed E-state index contributed by atoms with van der Waals surface area (Å²) in [6, 6.07) is 0. The summed E-state index contributed by atoms with van der Waals surface area (Å²) in [4.78, 5) is 5.11. The van der Waals surface area contributed by atoms with E-state index in [4.69, 9.17) is 4.84 Å². The Morgan fingerprint density at radius 1 is 1.50 bits per heavy atom. The molecule has 0 saturated carbocycles. The van der Waals surface area contributed by atoms with Gasteiger partial charge in [0.05, 0.1) is 5.71 Å². The molecule has 1 aliphatic heterocycles. The Hall–Kier alpha value is -0.610. The van der Waals surface area contributed by atoms with E-state index in [9.17, 15) is 0 Å². The lowest BCUT2D eigenvalue weighted by atomic mass is 10.1. The first-order valence-electron chi connectivity index (χ1n) is 4.46. The van der Waals surface area contributed by atoms with Crippen molar-refractivity contribution in [1.82, 2.24) is 10.6 Å². The third-order valence-corrected chi connectivity index (χ3v) is 1.82. The van der Waals surface area contributed by atoms with E-state index in [0.29, 0.717) is 6.61 Å². The van der Waals surface area contributed by atoms with Crippen molar-refractivity contribution >= 4 is 5.71 Å². The molecule has 12 heavy (non-hydrogen) atoms. The van der Waals surface area contributed by atoms with Crippen molar-refractivity contribution in [1.29, 1.82) is 0 Å². The number of oxime groups is 1. The molecule has 1 aliphatic rings. The quantitative estimate of drug-likeness (QED) is 0.461. The van der Waals surface area contributed by atoms with Crippen LogP contribution in [0.5, 0.6) is 0 Å². The number of nitrogens with one attached hydrogen (secondary N) is 2. The zero-order valence-electron chi connectivity index (χ0n) is 7.60. The third kappa shape index (κ3) is 3.69. The number of rotatable bonds is 4. The number of hydrogen-bond acceptors (Lipinski definition) is 4. The van der Waals surface area contributed by atoms with Gasteiger partial charge in [0.15, 0.2) is 0 Å². The van der Waals surface area contributed by atoms with E-state index in [2.05, 4.69) is 15.8 Å². The summed E-state index contributed by atoms with van der Waals surface area (Å²) in [6.45, 7) is 3.59. The van der Waals surface area contributed by atoms with Gasteiger partial charge in [-0.25, -0.2) is 0 Å². The molecule has 0 aliphatic carbocycles. The lowest BCUT2D eigenvalue weighted by molar-refractivity contribution is 0.146. The molecule has 2 N–H and O–H groups in total. The maximum Gasteiger partial charge on any atom is 0.129 e. The molecule has 1 fully saturated rings. The van der Waals surface area contributed by atoms with Gasteiger partial charge in [0, 0.05) is 32.5 Å². The summed E-state index contributed by atoms with van der Waals surface area (Å²) >= 11 is 0.